The maximum atomic E-state index is 10.2. The maximum absolute atomic E-state index is 10.2. The van der Waals surface area contributed by atoms with E-state index in [4.69, 9.17) is 20.8 Å². The first-order valence-electron chi connectivity index (χ1n) is 5.52. The third-order valence-corrected chi connectivity index (χ3v) is 2.83. The van der Waals surface area contributed by atoms with Gasteiger partial charge in [0.2, 0.25) is 0 Å². The van der Waals surface area contributed by atoms with Gasteiger partial charge in [-0.15, -0.1) is 0 Å². The molecule has 0 aliphatic heterocycles. The summed E-state index contributed by atoms with van der Waals surface area (Å²) in [5, 5.41) is 11.8. The molecule has 1 heterocycles. The van der Waals surface area contributed by atoms with E-state index in [1.54, 1.807) is 31.2 Å². The van der Waals surface area contributed by atoms with Gasteiger partial charge in [-0.1, -0.05) is 11.6 Å². The molecule has 0 bridgehead atoms. The van der Waals surface area contributed by atoms with Crippen molar-refractivity contribution >= 4 is 22.6 Å². The van der Waals surface area contributed by atoms with E-state index < -0.39 is 5.60 Å². The molecule has 1 unspecified atom stereocenters. The molecule has 1 aromatic carbocycles. The van der Waals surface area contributed by atoms with Crippen molar-refractivity contribution in [1.82, 2.24) is 0 Å². The van der Waals surface area contributed by atoms with E-state index >= 15 is 0 Å². The van der Waals surface area contributed by atoms with Gasteiger partial charge in [-0.05, 0) is 38.1 Å². The molecule has 0 spiro atoms. The van der Waals surface area contributed by atoms with Crippen molar-refractivity contribution in [3.05, 3.63) is 35.0 Å². The molecule has 1 N–H and O–H groups in total. The summed E-state index contributed by atoms with van der Waals surface area (Å²) in [4.78, 5) is 0. The third kappa shape index (κ3) is 2.63. The second kappa shape index (κ2) is 4.69. The lowest BCUT2D eigenvalue weighted by molar-refractivity contribution is -0.0470. The maximum Gasteiger partial charge on any atom is 0.142 e. The van der Waals surface area contributed by atoms with Crippen LogP contribution in [0.2, 0.25) is 5.02 Å². The lowest BCUT2D eigenvalue weighted by Crippen LogP contribution is -2.27. The van der Waals surface area contributed by atoms with Crippen molar-refractivity contribution in [3.63, 3.8) is 0 Å². The highest BCUT2D eigenvalue weighted by molar-refractivity contribution is 6.31. The van der Waals surface area contributed by atoms with Crippen LogP contribution in [0.4, 0.5) is 0 Å². The predicted molar refractivity (Wildman–Crippen MR) is 67.3 cm³/mol. The molecule has 0 saturated heterocycles. The van der Waals surface area contributed by atoms with E-state index in [1.165, 1.54) is 0 Å². The lowest BCUT2D eigenvalue weighted by Gasteiger charge is -2.19. The van der Waals surface area contributed by atoms with Crippen molar-refractivity contribution in [1.29, 1.82) is 0 Å². The van der Waals surface area contributed by atoms with Crippen molar-refractivity contribution < 1.29 is 14.3 Å². The lowest BCUT2D eigenvalue weighted by atomic mass is 10.1. The quantitative estimate of drug-likeness (QED) is 0.910. The molecular weight excluding hydrogens is 240 g/mol. The Morgan fingerprint density at radius 3 is 2.88 bits per heavy atom. The average Bonchev–Trinajstić information content (AvgIpc) is 2.70. The number of furan rings is 1. The van der Waals surface area contributed by atoms with Gasteiger partial charge >= 0.3 is 0 Å². The molecule has 2 aromatic rings. The number of hydrogen-bond donors (Lipinski definition) is 1. The Kier molecular flexibility index (Phi) is 3.43. The number of ether oxygens (including phenoxy) is 1. The molecule has 0 amide bonds. The fourth-order valence-corrected chi connectivity index (χ4v) is 1.83. The van der Waals surface area contributed by atoms with Crippen LogP contribution in [0.25, 0.3) is 11.0 Å². The molecule has 0 fully saturated rings. The first-order valence-corrected chi connectivity index (χ1v) is 5.90. The number of halogens is 1. The number of aliphatic hydroxyl groups is 1. The predicted octanol–water partition coefficient (Wildman–Crippen LogP) is 3.33. The summed E-state index contributed by atoms with van der Waals surface area (Å²) in [5.41, 5.74) is -0.414. The second-order valence-corrected chi connectivity index (χ2v) is 4.64. The highest BCUT2D eigenvalue weighted by atomic mass is 35.5. The van der Waals surface area contributed by atoms with Gasteiger partial charge in [-0.3, -0.25) is 0 Å². The Labute approximate surface area is 105 Å². The summed E-state index contributed by atoms with van der Waals surface area (Å²) < 4.78 is 10.8. The number of rotatable bonds is 4. The summed E-state index contributed by atoms with van der Waals surface area (Å²) in [5.74, 6) is 0.489. The highest BCUT2D eigenvalue weighted by Crippen LogP contribution is 2.29. The van der Waals surface area contributed by atoms with E-state index in [-0.39, 0.29) is 6.61 Å². The van der Waals surface area contributed by atoms with Crippen molar-refractivity contribution in [2.75, 3.05) is 13.2 Å². The van der Waals surface area contributed by atoms with E-state index in [0.717, 1.165) is 5.39 Å². The Morgan fingerprint density at radius 1 is 1.41 bits per heavy atom. The van der Waals surface area contributed by atoms with Gasteiger partial charge in [0.25, 0.3) is 0 Å². The fraction of sp³-hybridized carbons (Fsp3) is 0.385. The molecule has 2 rings (SSSR count). The first-order chi connectivity index (χ1) is 8.03. The smallest absolute Gasteiger partial charge is 0.142 e. The largest absolute Gasteiger partial charge is 0.458 e. The average molecular weight is 255 g/mol. The van der Waals surface area contributed by atoms with Gasteiger partial charge in [-0.25, -0.2) is 0 Å². The number of hydrogen-bond acceptors (Lipinski definition) is 3. The Hall–Kier alpha value is -1.03. The molecule has 1 atom stereocenters. The van der Waals surface area contributed by atoms with Crippen LogP contribution < -0.4 is 0 Å². The summed E-state index contributed by atoms with van der Waals surface area (Å²) in [6, 6.07) is 7.15. The molecule has 0 radical (unpaired) electrons. The fourth-order valence-electron chi connectivity index (χ4n) is 1.65. The van der Waals surface area contributed by atoms with Gasteiger partial charge in [0.1, 0.15) is 16.9 Å². The van der Waals surface area contributed by atoms with Gasteiger partial charge in [0.15, 0.2) is 0 Å². The third-order valence-electron chi connectivity index (χ3n) is 2.60. The molecule has 92 valence electrons. The van der Waals surface area contributed by atoms with Crippen molar-refractivity contribution in [2.45, 2.75) is 19.4 Å². The SMILES string of the molecule is CCOCC(C)(O)c1cc2cc(Cl)ccc2o1. The molecular formula is C13H15ClO3. The number of benzene rings is 1. The van der Waals surface area contributed by atoms with Crippen LogP contribution in [0, 0.1) is 0 Å². The minimum absolute atomic E-state index is 0.205. The van der Waals surface area contributed by atoms with Crippen LogP contribution in [-0.2, 0) is 10.3 Å². The minimum Gasteiger partial charge on any atom is -0.458 e. The van der Waals surface area contributed by atoms with Gasteiger partial charge in [0.05, 0.1) is 6.61 Å². The molecule has 0 saturated carbocycles. The van der Waals surface area contributed by atoms with E-state index in [0.29, 0.717) is 23.0 Å². The topological polar surface area (TPSA) is 42.6 Å². The summed E-state index contributed by atoms with van der Waals surface area (Å²) >= 11 is 5.90. The molecule has 3 nitrogen and oxygen atoms in total. The first kappa shape index (κ1) is 12.4. The Morgan fingerprint density at radius 2 is 2.18 bits per heavy atom. The van der Waals surface area contributed by atoms with Crippen molar-refractivity contribution in [2.24, 2.45) is 0 Å². The van der Waals surface area contributed by atoms with Gasteiger partial charge < -0.3 is 14.3 Å². The van der Waals surface area contributed by atoms with Crippen LogP contribution in [-0.4, -0.2) is 18.3 Å². The second-order valence-electron chi connectivity index (χ2n) is 4.20. The highest BCUT2D eigenvalue weighted by Gasteiger charge is 2.27. The Bertz CT molecular complexity index is 516. The van der Waals surface area contributed by atoms with Crippen LogP contribution in [0.15, 0.2) is 28.7 Å². The van der Waals surface area contributed by atoms with E-state index in [1.807, 2.05) is 6.92 Å². The van der Waals surface area contributed by atoms with Gasteiger partial charge in [0, 0.05) is 17.0 Å². The molecule has 4 heteroatoms. The molecule has 1 aromatic heterocycles. The molecule has 0 aliphatic rings. The molecule has 0 aliphatic carbocycles. The monoisotopic (exact) mass is 254 g/mol. The van der Waals surface area contributed by atoms with Crippen LogP contribution in [0.1, 0.15) is 19.6 Å². The van der Waals surface area contributed by atoms with E-state index in [2.05, 4.69) is 0 Å². The van der Waals surface area contributed by atoms with Crippen LogP contribution in [0.3, 0.4) is 0 Å². The minimum atomic E-state index is -1.12. The molecule has 17 heavy (non-hydrogen) atoms. The summed E-state index contributed by atoms with van der Waals surface area (Å²) in [6.45, 7) is 4.32. The van der Waals surface area contributed by atoms with Gasteiger partial charge in [-0.2, -0.15) is 0 Å². The normalized spacial score (nSPS) is 15.1. The summed E-state index contributed by atoms with van der Waals surface area (Å²) in [6.07, 6.45) is 0. The van der Waals surface area contributed by atoms with Crippen LogP contribution >= 0.6 is 11.6 Å². The number of fused-ring (bicyclic) bond motifs is 1. The van der Waals surface area contributed by atoms with Crippen LogP contribution in [0.5, 0.6) is 0 Å². The summed E-state index contributed by atoms with van der Waals surface area (Å²) in [7, 11) is 0. The zero-order valence-corrected chi connectivity index (χ0v) is 10.6. The van der Waals surface area contributed by atoms with Crippen molar-refractivity contribution in [3.8, 4) is 0 Å². The zero-order valence-electron chi connectivity index (χ0n) is 9.87. The Balaban J connectivity index is 2.35. The van der Waals surface area contributed by atoms with E-state index in [9.17, 15) is 5.11 Å². The zero-order chi connectivity index (χ0) is 12.5. The standard InChI is InChI=1S/C13H15ClO3/c1-3-16-8-13(2,15)12-7-9-6-10(14)4-5-11(9)17-12/h4-7,15H,3,8H2,1-2H3.